The van der Waals surface area contributed by atoms with Gasteiger partial charge in [-0.15, -0.1) is 0 Å². The molecule has 0 spiro atoms. The van der Waals surface area contributed by atoms with Gasteiger partial charge in [-0.3, -0.25) is 0 Å². The number of benzene rings is 2. The SMILES string of the molecule is CCN(CC)c1ccc(C2Nc3ccc(S(=O)(=O)NCC4CCCO4)cc3C3C=CCC32)cc1. The summed E-state index contributed by atoms with van der Waals surface area (Å²) in [5.74, 6) is 0.571. The Balaban J connectivity index is 1.38. The summed E-state index contributed by atoms with van der Waals surface area (Å²) >= 11 is 0. The van der Waals surface area contributed by atoms with Crippen LogP contribution in [0.3, 0.4) is 0 Å². The lowest BCUT2D eigenvalue weighted by molar-refractivity contribution is 0.114. The topological polar surface area (TPSA) is 70.7 Å². The molecular weight excluding hydrogens is 446 g/mol. The van der Waals surface area contributed by atoms with Gasteiger partial charge in [-0.05, 0) is 80.5 Å². The van der Waals surface area contributed by atoms with Gasteiger partial charge in [-0.2, -0.15) is 0 Å². The van der Waals surface area contributed by atoms with Crippen molar-refractivity contribution in [3.8, 4) is 0 Å². The number of nitrogens with zero attached hydrogens (tertiary/aromatic N) is 1. The molecule has 3 aliphatic rings. The van der Waals surface area contributed by atoms with Gasteiger partial charge in [0, 0.05) is 43.5 Å². The molecule has 1 aliphatic carbocycles. The van der Waals surface area contributed by atoms with Gasteiger partial charge in [0.25, 0.3) is 0 Å². The lowest BCUT2D eigenvalue weighted by atomic mass is 9.77. The van der Waals surface area contributed by atoms with E-state index in [0.717, 1.165) is 43.6 Å². The third-order valence-corrected chi connectivity index (χ3v) is 8.97. The van der Waals surface area contributed by atoms with Crippen LogP contribution in [0.1, 0.15) is 56.2 Å². The van der Waals surface area contributed by atoms with Crippen LogP contribution in [-0.4, -0.2) is 40.8 Å². The molecule has 0 bridgehead atoms. The van der Waals surface area contributed by atoms with Crippen LogP contribution in [0.2, 0.25) is 0 Å². The predicted molar refractivity (Wildman–Crippen MR) is 137 cm³/mol. The van der Waals surface area contributed by atoms with Gasteiger partial charge in [-0.1, -0.05) is 24.3 Å². The minimum Gasteiger partial charge on any atom is -0.378 e. The Morgan fingerprint density at radius 2 is 1.91 bits per heavy atom. The Hall–Kier alpha value is -2.35. The minimum absolute atomic E-state index is 0.0231. The maximum Gasteiger partial charge on any atom is 0.240 e. The van der Waals surface area contributed by atoms with Crippen LogP contribution in [0.4, 0.5) is 11.4 Å². The van der Waals surface area contributed by atoms with Crippen molar-refractivity contribution in [2.45, 2.75) is 56.1 Å². The van der Waals surface area contributed by atoms with Gasteiger partial charge in [0.15, 0.2) is 0 Å². The number of sulfonamides is 1. The summed E-state index contributed by atoms with van der Waals surface area (Å²) in [6, 6.07) is 14.6. The van der Waals surface area contributed by atoms with Crippen molar-refractivity contribution >= 4 is 21.4 Å². The monoisotopic (exact) mass is 481 g/mol. The molecule has 1 saturated heterocycles. The van der Waals surface area contributed by atoms with E-state index < -0.39 is 10.0 Å². The van der Waals surface area contributed by atoms with E-state index >= 15 is 0 Å². The maximum absolute atomic E-state index is 13.0. The second-order valence-electron chi connectivity index (χ2n) is 9.48. The van der Waals surface area contributed by atoms with Gasteiger partial charge in [-0.25, -0.2) is 13.1 Å². The summed E-state index contributed by atoms with van der Waals surface area (Å²) < 4.78 is 34.3. The number of anilines is 2. The van der Waals surface area contributed by atoms with Crippen LogP contribution < -0.4 is 14.9 Å². The summed E-state index contributed by atoms with van der Waals surface area (Å²) in [5, 5.41) is 3.73. The van der Waals surface area contributed by atoms with Crippen LogP contribution >= 0.6 is 0 Å². The van der Waals surface area contributed by atoms with Gasteiger partial charge in [0.05, 0.1) is 17.0 Å². The summed E-state index contributed by atoms with van der Waals surface area (Å²) in [6.07, 6.45) is 7.34. The molecule has 0 radical (unpaired) electrons. The first-order valence-corrected chi connectivity index (χ1v) is 14.0. The van der Waals surface area contributed by atoms with Gasteiger partial charge in [0.2, 0.25) is 10.0 Å². The highest BCUT2D eigenvalue weighted by atomic mass is 32.2. The van der Waals surface area contributed by atoms with Crippen molar-refractivity contribution in [1.82, 2.24) is 4.72 Å². The quantitative estimate of drug-likeness (QED) is 0.529. The molecule has 34 heavy (non-hydrogen) atoms. The van der Waals surface area contributed by atoms with Crippen LogP contribution in [0, 0.1) is 5.92 Å². The standard InChI is InChI=1S/C27H35N3O3S/c1-3-30(4-2)20-12-10-19(11-13-20)27-24-9-5-8-23(24)25-17-22(14-15-26(25)29-27)34(31,32)28-18-21-7-6-16-33-21/h5,8,10-15,17,21,23-24,27-29H,3-4,6-7,9,16,18H2,1-2H3. The third-order valence-electron chi connectivity index (χ3n) is 7.55. The van der Waals surface area contributed by atoms with Crippen molar-refractivity contribution in [1.29, 1.82) is 0 Å². The summed E-state index contributed by atoms with van der Waals surface area (Å²) in [6.45, 7) is 7.39. The Labute approximate surface area is 203 Å². The van der Waals surface area contributed by atoms with Crippen LogP contribution in [-0.2, 0) is 14.8 Å². The van der Waals surface area contributed by atoms with Crippen molar-refractivity contribution in [3.63, 3.8) is 0 Å². The average Bonchev–Trinajstić information content (AvgIpc) is 3.56. The fourth-order valence-electron chi connectivity index (χ4n) is 5.64. The first-order valence-electron chi connectivity index (χ1n) is 12.5. The molecule has 0 aromatic heterocycles. The second kappa shape index (κ2) is 9.72. The van der Waals surface area contributed by atoms with Gasteiger partial charge >= 0.3 is 0 Å². The fraction of sp³-hybridized carbons (Fsp3) is 0.481. The normalized spacial score (nSPS) is 25.6. The maximum atomic E-state index is 13.0. The molecular formula is C27H35N3O3S. The number of hydrogen-bond donors (Lipinski definition) is 2. The molecule has 6 nitrogen and oxygen atoms in total. The molecule has 2 N–H and O–H groups in total. The molecule has 0 amide bonds. The lowest BCUT2D eigenvalue weighted by Gasteiger charge is -2.38. The predicted octanol–water partition coefficient (Wildman–Crippen LogP) is 4.82. The van der Waals surface area contributed by atoms with Crippen LogP contribution in [0.25, 0.3) is 0 Å². The van der Waals surface area contributed by atoms with E-state index in [1.165, 1.54) is 11.3 Å². The Kier molecular flexibility index (Phi) is 6.69. The lowest BCUT2D eigenvalue weighted by Crippen LogP contribution is -2.32. The highest BCUT2D eigenvalue weighted by molar-refractivity contribution is 7.89. The molecule has 4 atom stereocenters. The molecule has 1 fully saturated rings. The molecule has 5 rings (SSSR count). The Morgan fingerprint density at radius 3 is 2.62 bits per heavy atom. The zero-order valence-electron chi connectivity index (χ0n) is 20.0. The molecule has 7 heteroatoms. The average molecular weight is 482 g/mol. The Bertz CT molecular complexity index is 1140. The van der Waals surface area contributed by atoms with E-state index in [1.54, 1.807) is 6.07 Å². The molecule has 0 saturated carbocycles. The van der Waals surface area contributed by atoms with Gasteiger partial charge in [0.1, 0.15) is 0 Å². The van der Waals surface area contributed by atoms with Crippen molar-refractivity contribution < 1.29 is 13.2 Å². The largest absolute Gasteiger partial charge is 0.378 e. The molecule has 4 unspecified atom stereocenters. The molecule has 2 aromatic rings. The van der Waals surface area contributed by atoms with E-state index in [4.69, 9.17) is 4.74 Å². The number of ether oxygens (including phenoxy) is 1. The van der Waals surface area contributed by atoms with E-state index in [2.05, 4.69) is 65.2 Å². The molecule has 2 aliphatic heterocycles. The second-order valence-corrected chi connectivity index (χ2v) is 11.2. The summed E-state index contributed by atoms with van der Waals surface area (Å²) in [5.41, 5.74) is 4.60. The Morgan fingerprint density at radius 1 is 1.12 bits per heavy atom. The summed E-state index contributed by atoms with van der Waals surface area (Å²) in [7, 11) is -3.58. The third kappa shape index (κ3) is 4.49. The van der Waals surface area contributed by atoms with Crippen LogP contribution in [0.15, 0.2) is 59.5 Å². The zero-order chi connectivity index (χ0) is 23.7. The van der Waals surface area contributed by atoms with Crippen molar-refractivity contribution in [2.75, 3.05) is 36.5 Å². The molecule has 2 aromatic carbocycles. The highest BCUT2D eigenvalue weighted by Gasteiger charge is 2.38. The smallest absolute Gasteiger partial charge is 0.240 e. The summed E-state index contributed by atoms with van der Waals surface area (Å²) in [4.78, 5) is 2.68. The number of nitrogens with one attached hydrogen (secondary N) is 2. The first-order chi connectivity index (χ1) is 16.5. The minimum atomic E-state index is -3.58. The zero-order valence-corrected chi connectivity index (χ0v) is 20.9. The van der Waals surface area contributed by atoms with E-state index in [0.29, 0.717) is 24.0 Å². The molecule has 2 heterocycles. The first kappa shape index (κ1) is 23.4. The van der Waals surface area contributed by atoms with E-state index in [9.17, 15) is 8.42 Å². The number of rotatable bonds is 8. The van der Waals surface area contributed by atoms with Gasteiger partial charge < -0.3 is 15.0 Å². The fourth-order valence-corrected chi connectivity index (χ4v) is 6.74. The van der Waals surface area contributed by atoms with Crippen molar-refractivity contribution in [2.24, 2.45) is 5.92 Å². The van der Waals surface area contributed by atoms with E-state index in [-0.39, 0.29) is 18.1 Å². The highest BCUT2D eigenvalue weighted by Crippen LogP contribution is 2.50. The van der Waals surface area contributed by atoms with E-state index in [1.807, 2.05) is 12.1 Å². The number of fused-ring (bicyclic) bond motifs is 3. The van der Waals surface area contributed by atoms with Crippen LogP contribution in [0.5, 0.6) is 0 Å². The molecule has 182 valence electrons. The number of allylic oxidation sites excluding steroid dienone is 2. The number of hydrogen-bond acceptors (Lipinski definition) is 5. The van der Waals surface area contributed by atoms with Crippen molar-refractivity contribution in [3.05, 3.63) is 65.7 Å².